The summed E-state index contributed by atoms with van der Waals surface area (Å²) in [5, 5.41) is 0. The molecular weight excluding hydrogens is 268 g/mol. The molecule has 21 heavy (non-hydrogen) atoms. The van der Waals surface area contributed by atoms with Gasteiger partial charge in [-0.25, -0.2) is 9.59 Å². The van der Waals surface area contributed by atoms with Gasteiger partial charge in [0.1, 0.15) is 5.57 Å². The molecule has 0 aliphatic carbocycles. The molecule has 0 aromatic heterocycles. The minimum Gasteiger partial charge on any atom is -0.462 e. The lowest BCUT2D eigenvalue weighted by Crippen LogP contribution is -2.24. The Kier molecular flexibility index (Phi) is 8.98. The van der Waals surface area contributed by atoms with E-state index in [1.54, 1.807) is 6.92 Å². The molecule has 0 unspecified atom stereocenters. The van der Waals surface area contributed by atoms with Crippen LogP contribution in [0, 0.1) is 5.41 Å². The molecule has 0 bridgehead atoms. The van der Waals surface area contributed by atoms with Gasteiger partial charge in [-0.2, -0.15) is 0 Å². The van der Waals surface area contributed by atoms with Crippen molar-refractivity contribution < 1.29 is 19.1 Å². The Labute approximate surface area is 128 Å². The fraction of sp³-hybridized carbons (Fsp3) is 0.765. The molecule has 0 aliphatic heterocycles. The van der Waals surface area contributed by atoms with Gasteiger partial charge < -0.3 is 9.47 Å². The summed E-state index contributed by atoms with van der Waals surface area (Å²) in [5.74, 6) is -1.14. The molecular formula is C17H30O4. The second-order valence-corrected chi connectivity index (χ2v) is 6.23. The van der Waals surface area contributed by atoms with Crippen molar-refractivity contribution in [3.05, 3.63) is 11.1 Å². The number of carbonyl (C=O) groups is 2. The molecule has 0 N–H and O–H groups in total. The van der Waals surface area contributed by atoms with Crippen LogP contribution in [0.3, 0.4) is 0 Å². The Morgan fingerprint density at radius 3 is 1.52 bits per heavy atom. The SMILES string of the molecule is CCCCOC(=O)C(C(=O)OCCCC)=C(C)C(C)(C)C. The summed E-state index contributed by atoms with van der Waals surface area (Å²) in [4.78, 5) is 24.4. The highest BCUT2D eigenvalue weighted by atomic mass is 16.6. The normalized spacial score (nSPS) is 11.0. The molecule has 0 aliphatic rings. The molecule has 0 rings (SSSR count). The summed E-state index contributed by atoms with van der Waals surface area (Å²) < 4.78 is 10.4. The maximum atomic E-state index is 12.2. The quantitative estimate of drug-likeness (QED) is 0.223. The maximum Gasteiger partial charge on any atom is 0.345 e. The van der Waals surface area contributed by atoms with Crippen LogP contribution in [0.25, 0.3) is 0 Å². The second kappa shape index (κ2) is 9.59. The van der Waals surface area contributed by atoms with E-state index < -0.39 is 11.9 Å². The van der Waals surface area contributed by atoms with Crippen molar-refractivity contribution in [3.8, 4) is 0 Å². The standard InChI is InChI=1S/C17H30O4/c1-7-9-11-20-15(18)14(13(3)17(4,5)6)16(19)21-12-10-8-2/h7-12H2,1-6H3. The lowest BCUT2D eigenvalue weighted by Gasteiger charge is -2.22. The minimum atomic E-state index is -0.572. The highest BCUT2D eigenvalue weighted by molar-refractivity contribution is 6.14. The Balaban J connectivity index is 5.11. The molecule has 122 valence electrons. The smallest absolute Gasteiger partial charge is 0.345 e. The minimum absolute atomic E-state index is 0.0507. The van der Waals surface area contributed by atoms with Crippen molar-refractivity contribution in [1.29, 1.82) is 0 Å². The number of allylic oxidation sites excluding steroid dienone is 1. The van der Waals surface area contributed by atoms with Crippen LogP contribution >= 0.6 is 0 Å². The molecule has 0 saturated heterocycles. The molecule has 0 heterocycles. The topological polar surface area (TPSA) is 52.6 Å². The molecule has 0 saturated carbocycles. The van der Waals surface area contributed by atoms with Crippen LogP contribution < -0.4 is 0 Å². The zero-order valence-corrected chi connectivity index (χ0v) is 14.4. The third-order valence-corrected chi connectivity index (χ3v) is 3.37. The van der Waals surface area contributed by atoms with Gasteiger partial charge in [0.15, 0.2) is 0 Å². The van der Waals surface area contributed by atoms with Crippen LogP contribution in [0.1, 0.15) is 67.2 Å². The van der Waals surface area contributed by atoms with Crippen LogP contribution in [0.15, 0.2) is 11.1 Å². The fourth-order valence-electron chi connectivity index (χ4n) is 1.53. The third-order valence-electron chi connectivity index (χ3n) is 3.37. The van der Waals surface area contributed by atoms with E-state index in [-0.39, 0.29) is 11.0 Å². The van der Waals surface area contributed by atoms with Gasteiger partial charge in [0.2, 0.25) is 0 Å². The lowest BCUT2D eigenvalue weighted by atomic mass is 9.84. The number of hydrogen-bond acceptors (Lipinski definition) is 4. The van der Waals surface area contributed by atoms with Gasteiger partial charge >= 0.3 is 11.9 Å². The van der Waals surface area contributed by atoms with Crippen molar-refractivity contribution in [2.75, 3.05) is 13.2 Å². The van der Waals surface area contributed by atoms with Crippen LogP contribution in [0.5, 0.6) is 0 Å². The van der Waals surface area contributed by atoms with E-state index >= 15 is 0 Å². The van der Waals surface area contributed by atoms with Crippen LogP contribution in [-0.4, -0.2) is 25.2 Å². The van der Waals surface area contributed by atoms with Gasteiger partial charge in [-0.15, -0.1) is 0 Å². The van der Waals surface area contributed by atoms with E-state index in [2.05, 4.69) is 0 Å². The van der Waals surface area contributed by atoms with E-state index in [4.69, 9.17) is 9.47 Å². The van der Waals surface area contributed by atoms with Crippen molar-refractivity contribution in [2.45, 2.75) is 67.2 Å². The first-order chi connectivity index (χ1) is 9.75. The van der Waals surface area contributed by atoms with Gasteiger partial charge in [0.25, 0.3) is 0 Å². The zero-order chi connectivity index (χ0) is 16.5. The van der Waals surface area contributed by atoms with Crippen LogP contribution in [0.2, 0.25) is 0 Å². The van der Waals surface area contributed by atoms with Gasteiger partial charge in [-0.05, 0) is 30.8 Å². The molecule has 0 aromatic rings. The predicted octanol–water partition coefficient (Wildman–Crippen LogP) is 4.04. The summed E-state index contributed by atoms with van der Waals surface area (Å²) >= 11 is 0. The zero-order valence-electron chi connectivity index (χ0n) is 14.4. The molecule has 0 amide bonds. The Morgan fingerprint density at radius 2 is 1.24 bits per heavy atom. The Morgan fingerprint density at radius 1 is 0.857 bits per heavy atom. The number of esters is 2. The number of unbranched alkanes of at least 4 members (excludes halogenated alkanes) is 2. The number of ether oxygens (including phenoxy) is 2. The number of hydrogen-bond donors (Lipinski definition) is 0. The van der Waals surface area contributed by atoms with E-state index in [9.17, 15) is 9.59 Å². The van der Waals surface area contributed by atoms with E-state index in [1.807, 2.05) is 34.6 Å². The van der Waals surface area contributed by atoms with Crippen molar-refractivity contribution in [3.63, 3.8) is 0 Å². The van der Waals surface area contributed by atoms with Gasteiger partial charge in [-0.1, -0.05) is 47.5 Å². The maximum absolute atomic E-state index is 12.2. The van der Waals surface area contributed by atoms with E-state index in [0.717, 1.165) is 25.7 Å². The highest BCUT2D eigenvalue weighted by Gasteiger charge is 2.29. The average molecular weight is 298 g/mol. The Bertz CT molecular complexity index is 351. The van der Waals surface area contributed by atoms with Crippen molar-refractivity contribution >= 4 is 11.9 Å². The second-order valence-electron chi connectivity index (χ2n) is 6.23. The van der Waals surface area contributed by atoms with Gasteiger partial charge in [0.05, 0.1) is 13.2 Å². The first-order valence-electron chi connectivity index (χ1n) is 7.81. The lowest BCUT2D eigenvalue weighted by molar-refractivity contribution is -0.147. The van der Waals surface area contributed by atoms with E-state index in [0.29, 0.717) is 18.8 Å². The fourth-order valence-corrected chi connectivity index (χ4v) is 1.53. The van der Waals surface area contributed by atoms with Gasteiger partial charge in [-0.3, -0.25) is 0 Å². The predicted molar refractivity (Wildman–Crippen MR) is 83.9 cm³/mol. The molecule has 0 spiro atoms. The van der Waals surface area contributed by atoms with Crippen molar-refractivity contribution in [1.82, 2.24) is 0 Å². The summed E-state index contributed by atoms with van der Waals surface area (Å²) in [6.07, 6.45) is 3.45. The average Bonchev–Trinajstić information content (AvgIpc) is 2.38. The van der Waals surface area contributed by atoms with Crippen LogP contribution in [-0.2, 0) is 19.1 Å². The van der Waals surface area contributed by atoms with Crippen molar-refractivity contribution in [2.24, 2.45) is 5.41 Å². The molecule has 4 nitrogen and oxygen atoms in total. The third kappa shape index (κ3) is 7.30. The number of rotatable bonds is 8. The molecule has 0 atom stereocenters. The first-order valence-corrected chi connectivity index (χ1v) is 7.81. The molecule has 0 aromatic carbocycles. The molecule has 0 fully saturated rings. The monoisotopic (exact) mass is 298 g/mol. The van der Waals surface area contributed by atoms with E-state index in [1.165, 1.54) is 0 Å². The summed E-state index contributed by atoms with van der Waals surface area (Å²) in [7, 11) is 0. The Hall–Kier alpha value is -1.32. The summed E-state index contributed by atoms with van der Waals surface area (Å²) in [5.41, 5.74) is 0.461. The highest BCUT2D eigenvalue weighted by Crippen LogP contribution is 2.28. The largest absolute Gasteiger partial charge is 0.462 e. The summed E-state index contributed by atoms with van der Waals surface area (Å²) in [6.45, 7) is 12.4. The summed E-state index contributed by atoms with van der Waals surface area (Å²) in [6, 6.07) is 0. The molecule has 0 radical (unpaired) electrons. The van der Waals surface area contributed by atoms with Crippen LogP contribution in [0.4, 0.5) is 0 Å². The number of carbonyl (C=O) groups excluding carboxylic acids is 2. The first kappa shape index (κ1) is 19.7. The molecule has 4 heteroatoms. The van der Waals surface area contributed by atoms with Gasteiger partial charge in [0, 0.05) is 0 Å².